The molecule has 0 aromatic heterocycles. The molecule has 1 unspecified atom stereocenters. The molecule has 0 spiro atoms. The minimum Gasteiger partial charge on any atom is -0.393 e. The van der Waals surface area contributed by atoms with Gasteiger partial charge in [-0.15, -0.1) is 0 Å². The monoisotopic (exact) mass is 326 g/mol. The molecule has 0 heterocycles. The molecule has 0 aliphatic heterocycles. The molecule has 0 bridgehead atoms. The Balaban J connectivity index is 1.67. The number of hydrogen-bond donors (Lipinski definition) is 2. The fourth-order valence-electron chi connectivity index (χ4n) is 3.23. The molecular weight excluding hydrogens is 300 g/mol. The van der Waals surface area contributed by atoms with Gasteiger partial charge in [-0.2, -0.15) is 0 Å². The zero-order valence-corrected chi connectivity index (χ0v) is 14.5. The van der Waals surface area contributed by atoms with Crippen LogP contribution in [0, 0.1) is 6.92 Å². The molecule has 128 valence electrons. The highest BCUT2D eigenvalue weighted by Crippen LogP contribution is 2.30. The van der Waals surface area contributed by atoms with Crippen LogP contribution in [-0.4, -0.2) is 36.6 Å². The topological polar surface area (TPSA) is 53.8 Å². The lowest BCUT2D eigenvalue weighted by atomic mass is 9.99. The summed E-state index contributed by atoms with van der Waals surface area (Å²) >= 11 is 0. The van der Waals surface area contributed by atoms with E-state index in [9.17, 15) is 5.11 Å². The van der Waals surface area contributed by atoms with Crippen LogP contribution in [-0.2, 0) is 11.3 Å². The number of aliphatic hydroxyl groups excluding tert-OH is 1. The predicted molar refractivity (Wildman–Crippen MR) is 98.7 cm³/mol. The Morgan fingerprint density at radius 2 is 2.12 bits per heavy atom. The number of aliphatic hydroxyl groups is 1. The van der Waals surface area contributed by atoms with Gasteiger partial charge >= 0.3 is 0 Å². The van der Waals surface area contributed by atoms with Gasteiger partial charge in [0.25, 0.3) is 0 Å². The van der Waals surface area contributed by atoms with Crippen LogP contribution in [0.15, 0.2) is 35.5 Å². The number of nitrogens with one attached hydrogen (secondary N) is 1. The molecule has 3 rings (SSSR count). The van der Waals surface area contributed by atoms with Crippen LogP contribution in [0.2, 0.25) is 0 Å². The van der Waals surface area contributed by atoms with Crippen molar-refractivity contribution in [1.82, 2.24) is 5.32 Å². The van der Waals surface area contributed by atoms with Crippen molar-refractivity contribution in [3.05, 3.63) is 47.0 Å². The molecular formula is C20H26N2O2. The number of aryl methyl sites for hydroxylation is 2. The number of oxime groups is 1. The number of nitrogens with zero attached hydrogens (tertiary/aromatic N) is 1. The molecule has 2 aromatic rings. The molecule has 4 nitrogen and oxygen atoms in total. The van der Waals surface area contributed by atoms with E-state index in [1.165, 1.54) is 27.5 Å². The summed E-state index contributed by atoms with van der Waals surface area (Å²) in [7, 11) is 0. The van der Waals surface area contributed by atoms with E-state index >= 15 is 0 Å². The van der Waals surface area contributed by atoms with Gasteiger partial charge in [0.15, 0.2) is 0 Å². The van der Waals surface area contributed by atoms with Crippen molar-refractivity contribution < 1.29 is 9.94 Å². The minimum atomic E-state index is -0.527. The number of hydrogen-bond acceptors (Lipinski definition) is 4. The first-order chi connectivity index (χ1) is 11.7. The zero-order valence-electron chi connectivity index (χ0n) is 14.5. The van der Waals surface area contributed by atoms with E-state index in [0.717, 1.165) is 31.5 Å². The van der Waals surface area contributed by atoms with Crippen LogP contribution in [0.25, 0.3) is 10.8 Å². The van der Waals surface area contributed by atoms with E-state index in [1.54, 1.807) is 0 Å². The van der Waals surface area contributed by atoms with E-state index in [2.05, 4.69) is 54.7 Å². The average molecular weight is 326 g/mol. The van der Waals surface area contributed by atoms with Crippen molar-refractivity contribution >= 4 is 16.5 Å². The van der Waals surface area contributed by atoms with Crippen LogP contribution in [0.3, 0.4) is 0 Å². The molecule has 0 saturated heterocycles. The Morgan fingerprint density at radius 3 is 2.96 bits per heavy atom. The maximum Gasteiger partial charge on any atom is 0.144 e. The summed E-state index contributed by atoms with van der Waals surface area (Å²) in [5.74, 6) is 0. The van der Waals surface area contributed by atoms with Crippen LogP contribution >= 0.6 is 0 Å². The highest BCUT2D eigenvalue weighted by atomic mass is 16.6. The van der Waals surface area contributed by atoms with Gasteiger partial charge in [-0.05, 0) is 49.1 Å². The molecule has 1 atom stereocenters. The third kappa shape index (κ3) is 3.77. The highest BCUT2D eigenvalue weighted by molar-refractivity contribution is 6.08. The van der Waals surface area contributed by atoms with Crippen molar-refractivity contribution in [3.63, 3.8) is 0 Å². The van der Waals surface area contributed by atoms with Gasteiger partial charge in [0.1, 0.15) is 12.7 Å². The summed E-state index contributed by atoms with van der Waals surface area (Å²) < 4.78 is 0. The normalized spacial score (nSPS) is 16.5. The number of rotatable bonds is 7. The Kier molecular flexibility index (Phi) is 5.48. The lowest BCUT2D eigenvalue weighted by Crippen LogP contribution is -2.30. The molecule has 2 N–H and O–H groups in total. The van der Waals surface area contributed by atoms with Gasteiger partial charge in [0.2, 0.25) is 0 Å². The van der Waals surface area contributed by atoms with Crippen LogP contribution in [0.5, 0.6) is 0 Å². The van der Waals surface area contributed by atoms with Gasteiger partial charge in [-0.3, -0.25) is 0 Å². The maximum absolute atomic E-state index is 9.86. The SMILES string of the molecule is CCCNCC(O)CON=C1CCc2c1ccc1cc(C)ccc21. The zero-order chi connectivity index (χ0) is 16.9. The third-order valence-electron chi connectivity index (χ3n) is 4.46. The predicted octanol–water partition coefficient (Wildman–Crippen LogP) is 3.18. The van der Waals surface area contributed by atoms with Crippen LogP contribution in [0.1, 0.15) is 36.5 Å². The molecule has 0 fully saturated rings. The fourth-order valence-corrected chi connectivity index (χ4v) is 3.23. The summed E-state index contributed by atoms with van der Waals surface area (Å²) in [6.45, 7) is 5.89. The summed E-state index contributed by atoms with van der Waals surface area (Å²) in [6.07, 6.45) is 2.42. The van der Waals surface area contributed by atoms with Gasteiger partial charge in [0, 0.05) is 12.1 Å². The van der Waals surface area contributed by atoms with E-state index in [0.29, 0.717) is 6.54 Å². The van der Waals surface area contributed by atoms with E-state index in [-0.39, 0.29) is 6.61 Å². The van der Waals surface area contributed by atoms with Crippen LogP contribution < -0.4 is 5.32 Å². The lowest BCUT2D eigenvalue weighted by molar-refractivity contribution is 0.0404. The summed E-state index contributed by atoms with van der Waals surface area (Å²) in [5, 5.41) is 19.9. The molecule has 24 heavy (non-hydrogen) atoms. The average Bonchev–Trinajstić information content (AvgIpc) is 2.98. The van der Waals surface area contributed by atoms with Gasteiger partial charge in [-0.1, -0.05) is 48.0 Å². The second kappa shape index (κ2) is 7.77. The largest absolute Gasteiger partial charge is 0.393 e. The Hall–Kier alpha value is -1.91. The lowest BCUT2D eigenvalue weighted by Gasteiger charge is -2.10. The van der Waals surface area contributed by atoms with Crippen molar-refractivity contribution in [3.8, 4) is 0 Å². The minimum absolute atomic E-state index is 0.225. The molecule has 2 aromatic carbocycles. The fraction of sp³-hybridized carbons (Fsp3) is 0.450. The van der Waals surface area contributed by atoms with E-state index in [4.69, 9.17) is 4.84 Å². The summed E-state index contributed by atoms with van der Waals surface area (Å²) in [4.78, 5) is 5.40. The molecule has 1 aliphatic rings. The van der Waals surface area contributed by atoms with Crippen LogP contribution in [0.4, 0.5) is 0 Å². The molecule has 0 radical (unpaired) electrons. The Labute approximate surface area is 143 Å². The molecule has 0 amide bonds. The summed E-state index contributed by atoms with van der Waals surface area (Å²) in [6, 6.07) is 10.9. The quantitative estimate of drug-likeness (QED) is 0.607. The van der Waals surface area contributed by atoms with E-state index < -0.39 is 6.10 Å². The highest BCUT2D eigenvalue weighted by Gasteiger charge is 2.20. The smallest absolute Gasteiger partial charge is 0.144 e. The van der Waals surface area contributed by atoms with Crippen molar-refractivity contribution in [1.29, 1.82) is 0 Å². The first kappa shape index (κ1) is 16.9. The maximum atomic E-state index is 9.86. The van der Waals surface area contributed by atoms with Crippen molar-refractivity contribution in [2.45, 2.75) is 39.2 Å². The first-order valence-electron chi connectivity index (χ1n) is 8.79. The third-order valence-corrected chi connectivity index (χ3v) is 4.46. The number of fused-ring (bicyclic) bond motifs is 3. The van der Waals surface area contributed by atoms with Gasteiger partial charge < -0.3 is 15.3 Å². The second-order valence-corrected chi connectivity index (χ2v) is 6.51. The Bertz CT molecular complexity index is 740. The molecule has 1 aliphatic carbocycles. The Morgan fingerprint density at radius 1 is 1.25 bits per heavy atom. The molecule has 4 heteroatoms. The van der Waals surface area contributed by atoms with Crippen molar-refractivity contribution in [2.75, 3.05) is 19.7 Å². The molecule has 0 saturated carbocycles. The van der Waals surface area contributed by atoms with E-state index in [1.807, 2.05) is 0 Å². The van der Waals surface area contributed by atoms with Gasteiger partial charge in [0.05, 0.1) is 5.71 Å². The summed E-state index contributed by atoms with van der Waals surface area (Å²) in [5.41, 5.74) is 4.81. The standard InChI is InChI=1S/C20H26N2O2/c1-3-10-21-12-16(23)13-24-22-20-9-8-18-17-6-4-14(2)11-15(17)5-7-19(18)20/h4-7,11,16,21,23H,3,8-10,12-13H2,1-2H3. The van der Waals surface area contributed by atoms with Crippen molar-refractivity contribution in [2.24, 2.45) is 5.16 Å². The number of benzene rings is 2. The first-order valence-corrected chi connectivity index (χ1v) is 8.79. The van der Waals surface area contributed by atoms with Gasteiger partial charge in [-0.25, -0.2) is 0 Å². The second-order valence-electron chi connectivity index (χ2n) is 6.51.